The quantitative estimate of drug-likeness (QED) is 0.846. The van der Waals surface area contributed by atoms with Crippen LogP contribution in [-0.2, 0) is 13.0 Å². The lowest BCUT2D eigenvalue weighted by molar-refractivity contribution is 0.613. The van der Waals surface area contributed by atoms with Crippen molar-refractivity contribution in [3.8, 4) is 0 Å². The highest BCUT2D eigenvalue weighted by atomic mass is 35.5. The normalized spacial score (nSPS) is 10.4. The van der Waals surface area contributed by atoms with E-state index >= 15 is 0 Å². The number of aryl methyl sites for hydroxylation is 1. The van der Waals surface area contributed by atoms with Crippen LogP contribution in [0.1, 0.15) is 18.1 Å². The van der Waals surface area contributed by atoms with Crippen LogP contribution in [-0.4, -0.2) is 0 Å². The predicted octanol–water partition coefficient (Wildman–Crippen LogP) is 4.65. The highest BCUT2D eigenvalue weighted by molar-refractivity contribution is 6.31. The fourth-order valence-electron chi connectivity index (χ4n) is 1.75. The molecule has 18 heavy (non-hydrogen) atoms. The molecule has 0 aliphatic carbocycles. The first-order valence-electron chi connectivity index (χ1n) is 5.96. The molecule has 1 nitrogen and oxygen atoms in total. The lowest BCUT2D eigenvalue weighted by Crippen LogP contribution is -2.02. The van der Waals surface area contributed by atoms with E-state index in [4.69, 9.17) is 11.6 Å². The molecule has 0 saturated heterocycles. The van der Waals surface area contributed by atoms with Crippen molar-refractivity contribution in [2.45, 2.75) is 19.9 Å². The Bertz CT molecular complexity index is 502. The maximum atomic E-state index is 13.5. The minimum atomic E-state index is -0.278. The lowest BCUT2D eigenvalue weighted by Gasteiger charge is -2.09. The molecule has 2 aromatic rings. The second-order valence-corrected chi connectivity index (χ2v) is 4.51. The van der Waals surface area contributed by atoms with E-state index in [0.717, 1.165) is 12.1 Å². The molecule has 1 N–H and O–H groups in total. The van der Waals surface area contributed by atoms with Crippen LogP contribution in [0.25, 0.3) is 0 Å². The second kappa shape index (κ2) is 5.87. The van der Waals surface area contributed by atoms with Gasteiger partial charge >= 0.3 is 0 Å². The topological polar surface area (TPSA) is 12.0 Å². The van der Waals surface area contributed by atoms with Crippen molar-refractivity contribution in [3.63, 3.8) is 0 Å². The Morgan fingerprint density at radius 2 is 1.83 bits per heavy atom. The maximum Gasteiger partial charge on any atom is 0.129 e. The molecule has 0 unspecified atom stereocenters. The van der Waals surface area contributed by atoms with Gasteiger partial charge in [-0.2, -0.15) is 0 Å². The molecule has 0 spiro atoms. The average molecular weight is 264 g/mol. The van der Waals surface area contributed by atoms with Crippen molar-refractivity contribution in [2.24, 2.45) is 0 Å². The Morgan fingerprint density at radius 1 is 1.11 bits per heavy atom. The van der Waals surface area contributed by atoms with E-state index < -0.39 is 0 Å². The van der Waals surface area contributed by atoms with Crippen molar-refractivity contribution >= 4 is 17.3 Å². The number of hydrogen-bond donors (Lipinski definition) is 1. The van der Waals surface area contributed by atoms with Crippen LogP contribution < -0.4 is 5.32 Å². The summed E-state index contributed by atoms with van der Waals surface area (Å²) in [5.41, 5.74) is 2.75. The van der Waals surface area contributed by atoms with Crippen molar-refractivity contribution in [2.75, 3.05) is 5.32 Å². The van der Waals surface area contributed by atoms with E-state index in [-0.39, 0.29) is 5.82 Å². The zero-order valence-corrected chi connectivity index (χ0v) is 11.0. The van der Waals surface area contributed by atoms with E-state index in [1.807, 2.05) is 12.1 Å². The Balaban J connectivity index is 2.06. The molecule has 2 aromatic carbocycles. The SMILES string of the molecule is CCc1ccc(NCc2c(F)cccc2Cl)cc1. The molecule has 3 heteroatoms. The molecule has 0 saturated carbocycles. The molecule has 0 aromatic heterocycles. The Hall–Kier alpha value is -1.54. The molecule has 0 radical (unpaired) electrons. The summed E-state index contributed by atoms with van der Waals surface area (Å²) in [5, 5.41) is 3.62. The van der Waals surface area contributed by atoms with Crippen molar-refractivity contribution < 1.29 is 4.39 Å². The first kappa shape index (κ1) is 12.9. The molecule has 0 aliphatic rings. The van der Waals surface area contributed by atoms with E-state index in [2.05, 4.69) is 24.4 Å². The van der Waals surface area contributed by atoms with Crippen LogP contribution in [0.2, 0.25) is 5.02 Å². The summed E-state index contributed by atoms with van der Waals surface area (Å²) < 4.78 is 13.5. The van der Waals surface area contributed by atoms with Gasteiger partial charge in [0.1, 0.15) is 5.82 Å². The van der Waals surface area contributed by atoms with Crippen LogP contribution in [0, 0.1) is 5.82 Å². The molecular weight excluding hydrogens is 249 g/mol. The van der Waals surface area contributed by atoms with Gasteiger partial charge in [-0.25, -0.2) is 4.39 Å². The van der Waals surface area contributed by atoms with Crippen molar-refractivity contribution in [1.82, 2.24) is 0 Å². The third-order valence-electron chi connectivity index (χ3n) is 2.89. The van der Waals surface area contributed by atoms with Crippen LogP contribution >= 0.6 is 11.6 Å². The first-order chi connectivity index (χ1) is 8.70. The summed E-state index contributed by atoms with van der Waals surface area (Å²) in [5.74, 6) is -0.278. The van der Waals surface area contributed by atoms with Gasteiger partial charge in [0.2, 0.25) is 0 Å². The van der Waals surface area contributed by atoms with Gasteiger partial charge in [0.05, 0.1) is 0 Å². The van der Waals surface area contributed by atoms with Gasteiger partial charge in [-0.15, -0.1) is 0 Å². The summed E-state index contributed by atoms with van der Waals surface area (Å²) in [7, 11) is 0. The van der Waals surface area contributed by atoms with E-state index in [1.165, 1.54) is 11.6 Å². The van der Waals surface area contributed by atoms with E-state index in [9.17, 15) is 4.39 Å². The maximum absolute atomic E-state index is 13.5. The molecular formula is C15H15ClFN. The number of hydrogen-bond acceptors (Lipinski definition) is 1. The standard InChI is InChI=1S/C15H15ClFN/c1-2-11-6-8-12(9-7-11)18-10-13-14(16)4-3-5-15(13)17/h3-9,18H,2,10H2,1H3. The van der Waals surface area contributed by atoms with E-state index in [0.29, 0.717) is 17.1 Å². The summed E-state index contributed by atoms with van der Waals surface area (Å²) in [6.07, 6.45) is 1.01. The smallest absolute Gasteiger partial charge is 0.129 e. The summed E-state index contributed by atoms with van der Waals surface area (Å²) in [6.45, 7) is 2.50. The van der Waals surface area contributed by atoms with Crippen LogP contribution in [0.4, 0.5) is 10.1 Å². The average Bonchev–Trinajstić information content (AvgIpc) is 2.39. The molecule has 0 heterocycles. The molecule has 0 bridgehead atoms. The van der Waals surface area contributed by atoms with Gasteiger partial charge in [-0.3, -0.25) is 0 Å². The second-order valence-electron chi connectivity index (χ2n) is 4.10. The monoisotopic (exact) mass is 263 g/mol. The lowest BCUT2D eigenvalue weighted by atomic mass is 10.1. The van der Waals surface area contributed by atoms with Gasteiger partial charge < -0.3 is 5.32 Å². The number of halogens is 2. The minimum absolute atomic E-state index is 0.278. The van der Waals surface area contributed by atoms with Crippen LogP contribution in [0.15, 0.2) is 42.5 Å². The van der Waals surface area contributed by atoms with Gasteiger partial charge in [0.25, 0.3) is 0 Å². The van der Waals surface area contributed by atoms with Crippen LogP contribution in [0.3, 0.4) is 0 Å². The highest BCUT2D eigenvalue weighted by Gasteiger charge is 2.06. The summed E-state index contributed by atoms with van der Waals surface area (Å²) in [4.78, 5) is 0. The van der Waals surface area contributed by atoms with Gasteiger partial charge in [-0.1, -0.05) is 36.7 Å². The third-order valence-corrected chi connectivity index (χ3v) is 3.25. The van der Waals surface area contributed by atoms with Gasteiger partial charge in [-0.05, 0) is 36.2 Å². The van der Waals surface area contributed by atoms with Gasteiger partial charge in [0, 0.05) is 22.8 Å². The highest BCUT2D eigenvalue weighted by Crippen LogP contribution is 2.20. The zero-order chi connectivity index (χ0) is 13.0. The number of benzene rings is 2. The number of nitrogens with one attached hydrogen (secondary N) is 1. The van der Waals surface area contributed by atoms with E-state index in [1.54, 1.807) is 12.1 Å². The molecule has 0 aliphatic heterocycles. The van der Waals surface area contributed by atoms with Gasteiger partial charge in [0.15, 0.2) is 0 Å². The summed E-state index contributed by atoms with van der Waals surface area (Å²) >= 11 is 5.96. The predicted molar refractivity (Wildman–Crippen MR) is 74.6 cm³/mol. The molecule has 2 rings (SSSR count). The number of anilines is 1. The van der Waals surface area contributed by atoms with Crippen LogP contribution in [0.5, 0.6) is 0 Å². The van der Waals surface area contributed by atoms with Crippen molar-refractivity contribution in [1.29, 1.82) is 0 Å². The molecule has 0 amide bonds. The molecule has 0 fully saturated rings. The van der Waals surface area contributed by atoms with Crippen molar-refractivity contribution in [3.05, 3.63) is 64.4 Å². The Morgan fingerprint density at radius 3 is 2.44 bits per heavy atom. The number of rotatable bonds is 4. The Kier molecular flexibility index (Phi) is 4.21. The molecule has 94 valence electrons. The zero-order valence-electron chi connectivity index (χ0n) is 10.2. The molecule has 0 atom stereocenters. The first-order valence-corrected chi connectivity index (χ1v) is 6.34. The fraction of sp³-hybridized carbons (Fsp3) is 0.200. The Labute approximate surface area is 112 Å². The largest absolute Gasteiger partial charge is 0.381 e. The minimum Gasteiger partial charge on any atom is -0.381 e. The summed E-state index contributed by atoms with van der Waals surface area (Å²) in [6, 6.07) is 12.8. The fourth-order valence-corrected chi connectivity index (χ4v) is 1.98. The third kappa shape index (κ3) is 3.02.